The molecule has 0 radical (unpaired) electrons. The maximum absolute atomic E-state index is 11.8. The summed E-state index contributed by atoms with van der Waals surface area (Å²) in [6, 6.07) is 0. The number of carbonyl (C=O) groups excluding carboxylic acids is 1. The van der Waals surface area contributed by atoms with Crippen LogP contribution in [0.4, 0.5) is 10.8 Å². The molecule has 0 fully saturated rings. The zero-order chi connectivity index (χ0) is 13.8. The SMILES string of the molecule is C[C@@H](Cn1cc([N+](=O)[O-])cn1)C(=O)Nc1nccs1. The predicted octanol–water partition coefficient (Wildman–Crippen LogP) is 1.52. The Morgan fingerprint density at radius 2 is 2.47 bits per heavy atom. The maximum Gasteiger partial charge on any atom is 0.306 e. The summed E-state index contributed by atoms with van der Waals surface area (Å²) in [6.07, 6.45) is 4.06. The van der Waals surface area contributed by atoms with Crippen LogP contribution in [-0.4, -0.2) is 25.6 Å². The summed E-state index contributed by atoms with van der Waals surface area (Å²) >= 11 is 1.33. The highest BCUT2D eigenvalue weighted by molar-refractivity contribution is 7.13. The molecule has 0 aliphatic carbocycles. The number of hydrogen-bond acceptors (Lipinski definition) is 6. The Bertz CT molecular complexity index is 580. The van der Waals surface area contributed by atoms with E-state index in [9.17, 15) is 14.9 Å². The van der Waals surface area contributed by atoms with Crippen molar-refractivity contribution in [3.63, 3.8) is 0 Å². The molecule has 2 aromatic heterocycles. The summed E-state index contributed by atoms with van der Waals surface area (Å²) in [6.45, 7) is 1.99. The van der Waals surface area contributed by atoms with Gasteiger partial charge in [0, 0.05) is 11.6 Å². The van der Waals surface area contributed by atoms with Gasteiger partial charge in [-0.05, 0) is 0 Å². The molecule has 2 aromatic rings. The molecule has 0 bridgehead atoms. The van der Waals surface area contributed by atoms with Crippen LogP contribution < -0.4 is 5.32 Å². The van der Waals surface area contributed by atoms with Crippen molar-refractivity contribution in [1.82, 2.24) is 14.8 Å². The summed E-state index contributed by atoms with van der Waals surface area (Å²) in [5, 5.41) is 19.3. The monoisotopic (exact) mass is 281 g/mol. The first-order chi connectivity index (χ1) is 9.06. The Balaban J connectivity index is 1.94. The van der Waals surface area contributed by atoms with E-state index in [2.05, 4.69) is 15.4 Å². The number of hydrogen-bond donors (Lipinski definition) is 1. The number of carbonyl (C=O) groups is 1. The lowest BCUT2D eigenvalue weighted by atomic mass is 10.1. The fraction of sp³-hybridized carbons (Fsp3) is 0.300. The zero-order valence-electron chi connectivity index (χ0n) is 10.0. The molecule has 2 rings (SSSR count). The normalized spacial score (nSPS) is 12.1. The molecule has 100 valence electrons. The highest BCUT2D eigenvalue weighted by atomic mass is 32.1. The van der Waals surface area contributed by atoms with E-state index in [1.54, 1.807) is 18.5 Å². The number of amides is 1. The van der Waals surface area contributed by atoms with E-state index in [4.69, 9.17) is 0 Å². The second-order valence-electron chi connectivity index (χ2n) is 3.91. The number of nitrogens with zero attached hydrogens (tertiary/aromatic N) is 4. The quantitative estimate of drug-likeness (QED) is 0.661. The van der Waals surface area contributed by atoms with Crippen molar-refractivity contribution in [2.75, 3.05) is 5.32 Å². The Hall–Kier alpha value is -2.29. The van der Waals surface area contributed by atoms with Crippen molar-refractivity contribution in [3.05, 3.63) is 34.1 Å². The number of anilines is 1. The molecule has 0 aliphatic rings. The van der Waals surface area contributed by atoms with Gasteiger partial charge in [0.25, 0.3) is 0 Å². The maximum atomic E-state index is 11.8. The second kappa shape index (κ2) is 5.57. The Morgan fingerprint density at radius 1 is 1.68 bits per heavy atom. The van der Waals surface area contributed by atoms with E-state index in [0.717, 1.165) is 6.20 Å². The second-order valence-corrected chi connectivity index (χ2v) is 4.80. The van der Waals surface area contributed by atoms with E-state index in [0.29, 0.717) is 5.13 Å². The lowest BCUT2D eigenvalue weighted by molar-refractivity contribution is -0.385. The Kier molecular flexibility index (Phi) is 3.85. The third kappa shape index (κ3) is 3.35. The average Bonchev–Trinajstić information content (AvgIpc) is 2.99. The number of rotatable bonds is 5. The van der Waals surface area contributed by atoms with Crippen molar-refractivity contribution in [1.29, 1.82) is 0 Å². The third-order valence-electron chi connectivity index (χ3n) is 2.40. The van der Waals surface area contributed by atoms with E-state index < -0.39 is 4.92 Å². The van der Waals surface area contributed by atoms with E-state index in [1.807, 2.05) is 0 Å². The first kappa shape index (κ1) is 13.1. The van der Waals surface area contributed by atoms with Gasteiger partial charge < -0.3 is 5.32 Å². The van der Waals surface area contributed by atoms with Crippen molar-refractivity contribution in [2.24, 2.45) is 5.92 Å². The molecule has 1 amide bonds. The summed E-state index contributed by atoms with van der Waals surface area (Å²) < 4.78 is 1.38. The van der Waals surface area contributed by atoms with Gasteiger partial charge in [0.1, 0.15) is 12.4 Å². The van der Waals surface area contributed by atoms with Gasteiger partial charge in [0.05, 0.1) is 17.4 Å². The molecular formula is C10H11N5O3S. The highest BCUT2D eigenvalue weighted by Crippen LogP contribution is 2.14. The van der Waals surface area contributed by atoms with Crippen molar-refractivity contribution >= 4 is 28.1 Å². The number of nitro groups is 1. The van der Waals surface area contributed by atoms with Crippen LogP contribution in [0.15, 0.2) is 24.0 Å². The average molecular weight is 281 g/mol. The Labute approximate surface area is 112 Å². The standard InChI is InChI=1S/C10H11N5O3S/c1-7(9(16)13-10-11-2-3-19-10)5-14-6-8(4-12-14)15(17)18/h2-4,6-7H,5H2,1H3,(H,11,13,16)/t7-/m0/s1. The van der Waals surface area contributed by atoms with Gasteiger partial charge in [-0.15, -0.1) is 11.3 Å². The molecular weight excluding hydrogens is 270 g/mol. The molecule has 0 unspecified atom stereocenters. The van der Waals surface area contributed by atoms with Gasteiger partial charge in [-0.1, -0.05) is 6.92 Å². The molecule has 19 heavy (non-hydrogen) atoms. The topological polar surface area (TPSA) is 103 Å². The first-order valence-electron chi connectivity index (χ1n) is 5.43. The lowest BCUT2D eigenvalue weighted by Crippen LogP contribution is -2.24. The van der Waals surface area contributed by atoms with Crippen molar-refractivity contribution in [2.45, 2.75) is 13.5 Å². The van der Waals surface area contributed by atoms with Crippen LogP contribution in [0.2, 0.25) is 0 Å². The van der Waals surface area contributed by atoms with Gasteiger partial charge in [-0.3, -0.25) is 19.6 Å². The number of thiazole rings is 1. The van der Waals surface area contributed by atoms with E-state index in [1.165, 1.54) is 22.2 Å². The third-order valence-corrected chi connectivity index (χ3v) is 3.09. The zero-order valence-corrected chi connectivity index (χ0v) is 10.8. The van der Waals surface area contributed by atoms with Crippen LogP contribution in [0.25, 0.3) is 0 Å². The highest BCUT2D eigenvalue weighted by Gasteiger charge is 2.17. The summed E-state index contributed by atoms with van der Waals surface area (Å²) in [4.78, 5) is 25.8. The van der Waals surface area contributed by atoms with Crippen molar-refractivity contribution in [3.8, 4) is 0 Å². The first-order valence-corrected chi connectivity index (χ1v) is 6.31. The molecule has 0 aliphatic heterocycles. The predicted molar refractivity (Wildman–Crippen MR) is 68.8 cm³/mol. The molecule has 0 saturated carbocycles. The fourth-order valence-corrected chi connectivity index (χ4v) is 1.96. The molecule has 1 atom stereocenters. The molecule has 0 spiro atoms. The van der Waals surface area contributed by atoms with Crippen LogP contribution in [0.5, 0.6) is 0 Å². The van der Waals surface area contributed by atoms with Crippen LogP contribution in [0.3, 0.4) is 0 Å². The summed E-state index contributed by atoms with van der Waals surface area (Å²) in [5.74, 6) is -0.573. The molecule has 9 heteroatoms. The molecule has 0 saturated heterocycles. The van der Waals surface area contributed by atoms with Gasteiger partial charge in [-0.2, -0.15) is 5.10 Å². The van der Waals surface area contributed by atoms with Crippen molar-refractivity contribution < 1.29 is 9.72 Å². The molecule has 1 N–H and O–H groups in total. The minimum atomic E-state index is -0.524. The number of aromatic nitrogens is 3. The van der Waals surface area contributed by atoms with Gasteiger partial charge in [0.15, 0.2) is 5.13 Å². The minimum Gasteiger partial charge on any atom is -0.302 e. The van der Waals surface area contributed by atoms with Gasteiger partial charge in [0.2, 0.25) is 5.91 Å². The summed E-state index contributed by atoms with van der Waals surface area (Å²) in [7, 11) is 0. The smallest absolute Gasteiger partial charge is 0.302 e. The summed E-state index contributed by atoms with van der Waals surface area (Å²) in [5.41, 5.74) is -0.0902. The largest absolute Gasteiger partial charge is 0.306 e. The van der Waals surface area contributed by atoms with Crippen LogP contribution >= 0.6 is 11.3 Å². The fourth-order valence-electron chi connectivity index (χ4n) is 1.42. The minimum absolute atomic E-state index is 0.0902. The van der Waals surface area contributed by atoms with Gasteiger partial charge >= 0.3 is 5.69 Å². The number of nitrogens with one attached hydrogen (secondary N) is 1. The van der Waals surface area contributed by atoms with Crippen LogP contribution in [0, 0.1) is 16.0 Å². The molecule has 8 nitrogen and oxygen atoms in total. The Morgan fingerprint density at radius 3 is 3.05 bits per heavy atom. The molecule has 0 aromatic carbocycles. The van der Waals surface area contributed by atoms with Crippen LogP contribution in [0.1, 0.15) is 6.92 Å². The van der Waals surface area contributed by atoms with E-state index >= 15 is 0 Å². The van der Waals surface area contributed by atoms with E-state index in [-0.39, 0.29) is 24.1 Å². The lowest BCUT2D eigenvalue weighted by Gasteiger charge is -2.10. The van der Waals surface area contributed by atoms with Crippen LogP contribution in [-0.2, 0) is 11.3 Å². The molecule has 2 heterocycles. The van der Waals surface area contributed by atoms with Gasteiger partial charge in [-0.25, -0.2) is 4.98 Å².